The molecule has 82 valence electrons. The molecule has 0 aliphatic carbocycles. The number of benzene rings is 1. The van der Waals surface area contributed by atoms with Crippen LogP contribution in [-0.2, 0) is 0 Å². The van der Waals surface area contributed by atoms with E-state index >= 15 is 0 Å². The zero-order chi connectivity index (χ0) is 11.7. The van der Waals surface area contributed by atoms with E-state index in [1.165, 1.54) is 0 Å². The second-order valence-corrected chi connectivity index (χ2v) is 5.05. The lowest BCUT2D eigenvalue weighted by atomic mass is 10.1. The van der Waals surface area contributed by atoms with E-state index in [1.807, 2.05) is 32.0 Å². The number of hydrogen-bond donors (Lipinski definition) is 0. The van der Waals surface area contributed by atoms with Crippen LogP contribution in [0.3, 0.4) is 0 Å². The number of nitrogens with zero attached hydrogens (tertiary/aromatic N) is 1. The van der Waals surface area contributed by atoms with Crippen molar-refractivity contribution in [2.24, 2.45) is 0 Å². The molecule has 0 bridgehead atoms. The molecule has 2 aromatic rings. The van der Waals surface area contributed by atoms with Gasteiger partial charge < -0.3 is 0 Å². The first kappa shape index (κ1) is 11.6. The minimum Gasteiger partial charge on any atom is -0.258 e. The van der Waals surface area contributed by atoms with Gasteiger partial charge in [0.2, 0.25) is 0 Å². The summed E-state index contributed by atoms with van der Waals surface area (Å²) in [6, 6.07) is 9.91. The second-order valence-electron chi connectivity index (χ2n) is 3.76. The number of rotatable bonds is 1. The predicted octanol–water partition coefficient (Wildman–Crippen LogP) is 4.78. The van der Waals surface area contributed by atoms with Gasteiger partial charge in [0.1, 0.15) is 0 Å². The smallest absolute Gasteiger partial charge is 0.0412 e. The number of pyridine rings is 1. The van der Waals surface area contributed by atoms with Gasteiger partial charge in [-0.1, -0.05) is 27.5 Å². The Labute approximate surface area is 109 Å². The Hall–Kier alpha value is -0.860. The van der Waals surface area contributed by atoms with Crippen molar-refractivity contribution in [3.05, 3.63) is 51.2 Å². The van der Waals surface area contributed by atoms with E-state index in [9.17, 15) is 0 Å². The maximum absolute atomic E-state index is 6.01. The van der Waals surface area contributed by atoms with Crippen molar-refractivity contribution in [1.82, 2.24) is 4.98 Å². The van der Waals surface area contributed by atoms with Crippen molar-refractivity contribution in [3.8, 4) is 11.1 Å². The maximum atomic E-state index is 6.01. The molecule has 1 heterocycles. The van der Waals surface area contributed by atoms with Gasteiger partial charge in [-0.2, -0.15) is 0 Å². The first-order valence-electron chi connectivity index (χ1n) is 4.97. The first-order valence-corrected chi connectivity index (χ1v) is 6.14. The van der Waals surface area contributed by atoms with Crippen LogP contribution in [0.1, 0.15) is 11.4 Å². The van der Waals surface area contributed by atoms with Crippen LogP contribution in [0.4, 0.5) is 0 Å². The van der Waals surface area contributed by atoms with E-state index in [-0.39, 0.29) is 0 Å². The molecule has 0 unspecified atom stereocenters. The number of aromatic nitrogens is 1. The lowest BCUT2D eigenvalue weighted by molar-refractivity contribution is 1.12. The predicted molar refractivity (Wildman–Crippen MR) is 71.9 cm³/mol. The van der Waals surface area contributed by atoms with Gasteiger partial charge in [0.25, 0.3) is 0 Å². The van der Waals surface area contributed by atoms with Gasteiger partial charge in [0.15, 0.2) is 0 Å². The van der Waals surface area contributed by atoms with E-state index in [2.05, 4.69) is 33.0 Å². The zero-order valence-electron chi connectivity index (χ0n) is 9.09. The lowest BCUT2D eigenvalue weighted by Crippen LogP contribution is -1.88. The van der Waals surface area contributed by atoms with E-state index in [0.717, 1.165) is 32.0 Å². The van der Waals surface area contributed by atoms with Crippen LogP contribution in [0.2, 0.25) is 5.02 Å². The van der Waals surface area contributed by atoms with Crippen LogP contribution in [0.25, 0.3) is 11.1 Å². The van der Waals surface area contributed by atoms with Crippen LogP contribution < -0.4 is 0 Å². The summed E-state index contributed by atoms with van der Waals surface area (Å²) < 4.78 is 1.04. The summed E-state index contributed by atoms with van der Waals surface area (Å²) in [6.45, 7) is 3.99. The van der Waals surface area contributed by atoms with Gasteiger partial charge in [-0.15, -0.1) is 0 Å². The van der Waals surface area contributed by atoms with Crippen molar-refractivity contribution in [2.75, 3.05) is 0 Å². The molecule has 1 aromatic carbocycles. The molecular weight excluding hydrogens is 286 g/mol. The molecule has 0 N–H and O–H groups in total. The molecule has 0 amide bonds. The van der Waals surface area contributed by atoms with Crippen LogP contribution in [0.5, 0.6) is 0 Å². The fraction of sp³-hybridized carbons (Fsp3) is 0.154. The zero-order valence-corrected chi connectivity index (χ0v) is 11.4. The minimum absolute atomic E-state index is 0.741. The minimum atomic E-state index is 0.741. The normalized spacial score (nSPS) is 10.5. The largest absolute Gasteiger partial charge is 0.258 e. The molecule has 0 spiro atoms. The Balaban J connectivity index is 2.62. The number of halogens is 2. The van der Waals surface area contributed by atoms with E-state index in [0.29, 0.717) is 0 Å². The molecule has 0 fully saturated rings. The van der Waals surface area contributed by atoms with E-state index < -0.39 is 0 Å². The summed E-state index contributed by atoms with van der Waals surface area (Å²) in [4.78, 5) is 4.36. The highest BCUT2D eigenvalue weighted by atomic mass is 79.9. The quantitative estimate of drug-likeness (QED) is 0.738. The highest BCUT2D eigenvalue weighted by molar-refractivity contribution is 9.10. The second kappa shape index (κ2) is 4.56. The van der Waals surface area contributed by atoms with Gasteiger partial charge in [0.05, 0.1) is 0 Å². The molecule has 0 saturated heterocycles. The Morgan fingerprint density at radius 2 is 1.69 bits per heavy atom. The summed E-state index contributed by atoms with van der Waals surface area (Å²) in [5.74, 6) is 0. The summed E-state index contributed by atoms with van der Waals surface area (Å²) in [5, 5.41) is 0.741. The third-order valence-corrected chi connectivity index (χ3v) is 3.25. The highest BCUT2D eigenvalue weighted by Gasteiger charge is 2.05. The van der Waals surface area contributed by atoms with Crippen LogP contribution >= 0.6 is 27.5 Å². The van der Waals surface area contributed by atoms with Crippen LogP contribution in [0.15, 0.2) is 34.8 Å². The molecule has 0 aliphatic heterocycles. The fourth-order valence-electron chi connectivity index (χ4n) is 1.71. The average molecular weight is 297 g/mol. The SMILES string of the molecule is Cc1cc(-c2cc(Cl)ccc2Br)cc(C)n1. The number of aryl methyl sites for hydroxylation is 2. The molecule has 1 aromatic heterocycles. The van der Waals surface area contributed by atoms with Gasteiger partial charge in [0, 0.05) is 20.9 Å². The monoisotopic (exact) mass is 295 g/mol. The summed E-state index contributed by atoms with van der Waals surface area (Å²) in [5.41, 5.74) is 4.27. The van der Waals surface area contributed by atoms with Gasteiger partial charge in [-0.05, 0) is 55.3 Å². The molecule has 0 atom stereocenters. The van der Waals surface area contributed by atoms with Crippen molar-refractivity contribution in [2.45, 2.75) is 13.8 Å². The van der Waals surface area contributed by atoms with Gasteiger partial charge >= 0.3 is 0 Å². The summed E-state index contributed by atoms with van der Waals surface area (Å²) >= 11 is 9.55. The van der Waals surface area contributed by atoms with Crippen molar-refractivity contribution >= 4 is 27.5 Å². The van der Waals surface area contributed by atoms with Crippen molar-refractivity contribution in [1.29, 1.82) is 0 Å². The summed E-state index contributed by atoms with van der Waals surface area (Å²) in [7, 11) is 0. The average Bonchev–Trinajstić information content (AvgIpc) is 2.20. The van der Waals surface area contributed by atoms with Crippen molar-refractivity contribution in [3.63, 3.8) is 0 Å². The van der Waals surface area contributed by atoms with Gasteiger partial charge in [-0.3, -0.25) is 4.98 Å². The third-order valence-electron chi connectivity index (χ3n) is 2.32. The Bertz CT molecular complexity index is 517. The Kier molecular flexibility index (Phi) is 3.31. The molecule has 2 rings (SSSR count). The summed E-state index contributed by atoms with van der Waals surface area (Å²) in [6.07, 6.45) is 0. The topological polar surface area (TPSA) is 12.9 Å². The van der Waals surface area contributed by atoms with E-state index in [4.69, 9.17) is 11.6 Å². The lowest BCUT2D eigenvalue weighted by Gasteiger charge is -2.07. The molecule has 16 heavy (non-hydrogen) atoms. The molecule has 1 nitrogen and oxygen atoms in total. The van der Waals surface area contributed by atoms with E-state index in [1.54, 1.807) is 0 Å². The maximum Gasteiger partial charge on any atom is 0.0412 e. The third kappa shape index (κ3) is 2.45. The fourth-order valence-corrected chi connectivity index (χ4v) is 2.36. The highest BCUT2D eigenvalue weighted by Crippen LogP contribution is 2.31. The Morgan fingerprint density at radius 3 is 2.31 bits per heavy atom. The molecular formula is C13H11BrClN. The molecule has 0 radical (unpaired) electrons. The Morgan fingerprint density at radius 1 is 1.06 bits per heavy atom. The van der Waals surface area contributed by atoms with Crippen LogP contribution in [0, 0.1) is 13.8 Å². The first-order chi connectivity index (χ1) is 7.56. The molecule has 0 saturated carbocycles. The van der Waals surface area contributed by atoms with Crippen molar-refractivity contribution < 1.29 is 0 Å². The van der Waals surface area contributed by atoms with Gasteiger partial charge in [-0.25, -0.2) is 0 Å². The van der Waals surface area contributed by atoms with Crippen LogP contribution in [-0.4, -0.2) is 4.98 Å². The number of hydrogen-bond acceptors (Lipinski definition) is 1. The molecule has 0 aliphatic rings. The molecule has 3 heteroatoms. The standard InChI is InChI=1S/C13H11BrClN/c1-8-5-10(6-9(2)16-8)12-7-11(15)3-4-13(12)14/h3-7H,1-2H3.